The summed E-state index contributed by atoms with van der Waals surface area (Å²) >= 11 is 3.31. The Bertz CT molecular complexity index is 612. The molecule has 10 heteroatoms. The third-order valence-corrected chi connectivity index (χ3v) is 4.26. The number of nitrogens with two attached hydrogens (primary N) is 1. The second kappa shape index (κ2) is 5.78. The van der Waals surface area contributed by atoms with Crippen molar-refractivity contribution in [3.8, 4) is 0 Å². The van der Waals surface area contributed by atoms with Gasteiger partial charge < -0.3 is 20.7 Å². The van der Waals surface area contributed by atoms with Crippen molar-refractivity contribution in [2.24, 2.45) is 0 Å². The summed E-state index contributed by atoms with van der Waals surface area (Å²) in [6.07, 6.45) is 0.818. The molecule has 2 aromatic rings. The summed E-state index contributed by atoms with van der Waals surface area (Å²) in [5.74, 6) is 0.269. The lowest BCUT2D eigenvalue weighted by Gasteiger charge is -2.16. The smallest absolute Gasteiger partial charge is 0.167 e. The summed E-state index contributed by atoms with van der Waals surface area (Å²) in [6.45, 7) is -0.187. The van der Waals surface area contributed by atoms with E-state index in [-0.39, 0.29) is 29.7 Å². The Balaban J connectivity index is 0.00000147. The summed E-state index contributed by atoms with van der Waals surface area (Å²) in [5.41, 5.74) is 6.64. The van der Waals surface area contributed by atoms with Gasteiger partial charge in [0.25, 0.3) is 0 Å². The predicted molar refractivity (Wildman–Crippen MR) is 76.7 cm³/mol. The van der Waals surface area contributed by atoms with E-state index in [0.717, 1.165) is 0 Å². The van der Waals surface area contributed by atoms with Gasteiger partial charge >= 0.3 is 0 Å². The molecule has 1 aliphatic heterocycles. The molecule has 1 fully saturated rings. The van der Waals surface area contributed by atoms with Gasteiger partial charge in [-0.3, -0.25) is 4.57 Å². The van der Waals surface area contributed by atoms with Gasteiger partial charge in [0.05, 0.1) is 23.9 Å². The molecule has 0 bridgehead atoms. The molecular formula is C10H13BrClN5O3. The topological polar surface area (TPSA) is 119 Å². The molecule has 3 heterocycles. The van der Waals surface area contributed by atoms with Gasteiger partial charge in [-0.1, -0.05) is 15.9 Å². The normalized spacial score (nSPS) is 29.6. The van der Waals surface area contributed by atoms with E-state index in [1.165, 1.54) is 12.7 Å². The fraction of sp³-hybridized carbons (Fsp3) is 0.500. The molecule has 0 unspecified atom stereocenters. The number of hydrogen-bond donors (Lipinski definition) is 3. The lowest BCUT2D eigenvalue weighted by atomic mass is 10.2. The average molecular weight is 367 g/mol. The molecule has 0 radical (unpaired) electrons. The Morgan fingerprint density at radius 1 is 1.40 bits per heavy atom. The minimum atomic E-state index is -0.828. The quantitative estimate of drug-likeness (QED) is 0.632. The zero-order valence-corrected chi connectivity index (χ0v) is 12.5. The van der Waals surface area contributed by atoms with Crippen LogP contribution >= 0.6 is 28.3 Å². The Morgan fingerprint density at radius 3 is 2.80 bits per heavy atom. The summed E-state index contributed by atoms with van der Waals surface area (Å²) in [7, 11) is 0. The van der Waals surface area contributed by atoms with E-state index in [9.17, 15) is 10.2 Å². The molecule has 110 valence electrons. The number of halogens is 2. The Hall–Kier alpha value is -1.00. The minimum Gasteiger partial charge on any atom is -0.394 e. The first kappa shape index (κ1) is 15.4. The number of rotatable bonds is 2. The number of hydrogen-bond acceptors (Lipinski definition) is 7. The number of nitrogens with zero attached hydrogens (tertiary/aromatic N) is 4. The van der Waals surface area contributed by atoms with Crippen LogP contribution in [-0.2, 0) is 4.74 Å². The molecule has 4 N–H and O–H groups in total. The van der Waals surface area contributed by atoms with Crippen LogP contribution in [0, 0.1) is 0 Å². The van der Waals surface area contributed by atoms with Gasteiger partial charge in [0.2, 0.25) is 0 Å². The van der Waals surface area contributed by atoms with Crippen LogP contribution in [0.15, 0.2) is 12.7 Å². The van der Waals surface area contributed by atoms with Crippen molar-refractivity contribution < 1.29 is 14.9 Å². The SMILES string of the molecule is Cl.Nc1ncnc2c1ncn2[C@@H]1O[C@H](CO)[C@@H](Br)[C@@H]1O. The van der Waals surface area contributed by atoms with Crippen LogP contribution in [-0.4, -0.2) is 53.4 Å². The molecule has 0 saturated carbocycles. The van der Waals surface area contributed by atoms with Crippen molar-refractivity contribution in [3.63, 3.8) is 0 Å². The highest BCUT2D eigenvalue weighted by atomic mass is 79.9. The van der Waals surface area contributed by atoms with Crippen LogP contribution < -0.4 is 5.73 Å². The number of anilines is 1. The van der Waals surface area contributed by atoms with E-state index < -0.39 is 18.4 Å². The zero-order chi connectivity index (χ0) is 13.6. The fourth-order valence-corrected chi connectivity index (χ4v) is 2.69. The molecule has 1 aliphatic rings. The summed E-state index contributed by atoms with van der Waals surface area (Å²) in [5, 5.41) is 19.3. The highest BCUT2D eigenvalue weighted by Crippen LogP contribution is 2.35. The van der Waals surface area contributed by atoms with Crippen LogP contribution in [0.4, 0.5) is 5.82 Å². The summed E-state index contributed by atoms with van der Waals surface area (Å²) < 4.78 is 7.19. The molecular weight excluding hydrogens is 353 g/mol. The van der Waals surface area contributed by atoms with Gasteiger partial charge in [-0.05, 0) is 0 Å². The molecule has 8 nitrogen and oxygen atoms in total. The third-order valence-electron chi connectivity index (χ3n) is 3.13. The lowest BCUT2D eigenvalue weighted by Crippen LogP contribution is -2.28. The van der Waals surface area contributed by atoms with Crippen molar-refractivity contribution in [2.45, 2.75) is 23.3 Å². The molecule has 0 spiro atoms. The number of aliphatic hydroxyl groups is 2. The number of aromatic nitrogens is 4. The van der Waals surface area contributed by atoms with Gasteiger partial charge in [-0.25, -0.2) is 15.0 Å². The van der Waals surface area contributed by atoms with Gasteiger partial charge in [0, 0.05) is 0 Å². The Kier molecular flexibility index (Phi) is 4.45. The van der Waals surface area contributed by atoms with Crippen molar-refractivity contribution in [1.82, 2.24) is 19.5 Å². The first-order chi connectivity index (χ1) is 9.13. The minimum absolute atomic E-state index is 0. The van der Waals surface area contributed by atoms with Crippen LogP contribution in [0.25, 0.3) is 11.2 Å². The van der Waals surface area contributed by atoms with Gasteiger partial charge in [0.1, 0.15) is 17.9 Å². The Labute approximate surface area is 128 Å². The van der Waals surface area contributed by atoms with E-state index in [4.69, 9.17) is 10.5 Å². The Morgan fingerprint density at radius 2 is 2.15 bits per heavy atom. The van der Waals surface area contributed by atoms with Crippen LogP contribution in [0.5, 0.6) is 0 Å². The fourth-order valence-electron chi connectivity index (χ4n) is 2.14. The maximum Gasteiger partial charge on any atom is 0.167 e. The lowest BCUT2D eigenvalue weighted by molar-refractivity contribution is -0.0486. The number of ether oxygens (including phenoxy) is 1. The van der Waals surface area contributed by atoms with Crippen molar-refractivity contribution in [3.05, 3.63) is 12.7 Å². The van der Waals surface area contributed by atoms with Gasteiger partial charge in [-0.2, -0.15) is 0 Å². The molecule has 20 heavy (non-hydrogen) atoms. The van der Waals surface area contributed by atoms with Crippen molar-refractivity contribution in [2.75, 3.05) is 12.3 Å². The average Bonchev–Trinajstić information content (AvgIpc) is 2.94. The van der Waals surface area contributed by atoms with Crippen LogP contribution in [0.2, 0.25) is 0 Å². The van der Waals surface area contributed by atoms with Crippen LogP contribution in [0.3, 0.4) is 0 Å². The number of nitrogen functional groups attached to an aromatic ring is 1. The molecule has 1 saturated heterocycles. The van der Waals surface area contributed by atoms with E-state index in [2.05, 4.69) is 30.9 Å². The van der Waals surface area contributed by atoms with Crippen molar-refractivity contribution >= 4 is 45.3 Å². The van der Waals surface area contributed by atoms with Crippen molar-refractivity contribution in [1.29, 1.82) is 0 Å². The molecule has 3 rings (SSSR count). The highest BCUT2D eigenvalue weighted by Gasteiger charge is 2.43. The number of aliphatic hydroxyl groups excluding tert-OH is 2. The summed E-state index contributed by atoms with van der Waals surface area (Å²) in [6, 6.07) is 0. The van der Waals surface area contributed by atoms with E-state index in [0.29, 0.717) is 11.2 Å². The molecule has 0 amide bonds. The summed E-state index contributed by atoms with van der Waals surface area (Å²) in [4.78, 5) is 11.7. The number of imidazole rings is 1. The second-order valence-corrected chi connectivity index (χ2v) is 5.32. The van der Waals surface area contributed by atoms with E-state index >= 15 is 0 Å². The third kappa shape index (κ3) is 2.25. The molecule has 0 aliphatic carbocycles. The molecule has 0 aromatic carbocycles. The number of fused-ring (bicyclic) bond motifs is 1. The second-order valence-electron chi connectivity index (χ2n) is 4.27. The maximum atomic E-state index is 10.2. The highest BCUT2D eigenvalue weighted by molar-refractivity contribution is 9.09. The van der Waals surface area contributed by atoms with Crippen LogP contribution in [0.1, 0.15) is 6.23 Å². The number of alkyl halides is 1. The molecule has 4 atom stereocenters. The van der Waals surface area contributed by atoms with Gasteiger partial charge in [0.15, 0.2) is 17.7 Å². The predicted octanol–water partition coefficient (Wildman–Crippen LogP) is -0.156. The van der Waals surface area contributed by atoms with E-state index in [1.807, 2.05) is 0 Å². The van der Waals surface area contributed by atoms with E-state index in [1.54, 1.807) is 4.57 Å². The first-order valence-corrected chi connectivity index (χ1v) is 6.56. The first-order valence-electron chi connectivity index (χ1n) is 5.65. The maximum absolute atomic E-state index is 10.2. The molecule has 2 aromatic heterocycles. The van der Waals surface area contributed by atoms with Gasteiger partial charge in [-0.15, -0.1) is 12.4 Å². The zero-order valence-electron chi connectivity index (χ0n) is 10.1. The standard InChI is InChI=1S/C10H12BrN5O3.ClH/c11-5-4(1-17)19-10(7(5)18)16-3-15-6-8(12)13-2-14-9(6)16;/h2-5,7,10,17-18H,1H2,(H2,12,13,14);1H/t4-,5-,7+,10-;/m1./s1. The monoisotopic (exact) mass is 365 g/mol. The largest absolute Gasteiger partial charge is 0.394 e.